The molecule has 1 heterocycles. The molecular weight excluding hydrogens is 384 g/mol. The molecule has 0 atom stereocenters. The van der Waals surface area contributed by atoms with Crippen LogP contribution in [0.3, 0.4) is 0 Å². The predicted octanol–water partition coefficient (Wildman–Crippen LogP) is 5.89. The number of halogens is 2. The Labute approximate surface area is 135 Å². The molecular formula is C16H14Br2S. The fourth-order valence-corrected chi connectivity index (χ4v) is 4.64. The van der Waals surface area contributed by atoms with Gasteiger partial charge in [-0.05, 0) is 33.4 Å². The maximum atomic E-state index is 3.64. The first-order valence-corrected chi connectivity index (χ1v) is 9.66. The molecule has 0 bridgehead atoms. The summed E-state index contributed by atoms with van der Waals surface area (Å²) >= 11 is 9.29. The van der Waals surface area contributed by atoms with Gasteiger partial charge >= 0.3 is 0 Å². The average molecular weight is 398 g/mol. The minimum atomic E-state index is 0.914. The fourth-order valence-electron chi connectivity index (χ4n) is 2.68. The normalized spacial score (nSPS) is 13.6. The van der Waals surface area contributed by atoms with Crippen molar-refractivity contribution in [2.45, 2.75) is 22.2 Å². The zero-order valence-corrected chi connectivity index (χ0v) is 14.4. The Balaban J connectivity index is 2.34. The molecule has 2 aromatic carbocycles. The molecule has 1 aliphatic heterocycles. The number of hydrogen-bond donors (Lipinski definition) is 0. The molecule has 0 aromatic heterocycles. The average Bonchev–Trinajstić information content (AvgIpc) is 2.65. The van der Waals surface area contributed by atoms with Crippen molar-refractivity contribution >= 4 is 43.6 Å². The molecule has 0 unspecified atom stereocenters. The van der Waals surface area contributed by atoms with E-state index in [-0.39, 0.29) is 0 Å². The van der Waals surface area contributed by atoms with Crippen LogP contribution in [0.5, 0.6) is 0 Å². The topological polar surface area (TPSA) is 0 Å². The Morgan fingerprint density at radius 3 is 1.68 bits per heavy atom. The molecule has 3 rings (SSSR count). The lowest BCUT2D eigenvalue weighted by Crippen LogP contribution is -1.97. The maximum absolute atomic E-state index is 3.64. The Bertz CT molecular complexity index is 554. The Kier molecular flexibility index (Phi) is 4.35. The van der Waals surface area contributed by atoms with Crippen LogP contribution in [0, 0.1) is 0 Å². The van der Waals surface area contributed by atoms with Gasteiger partial charge in [-0.25, -0.2) is 0 Å². The van der Waals surface area contributed by atoms with E-state index in [2.05, 4.69) is 68.3 Å². The van der Waals surface area contributed by atoms with Crippen molar-refractivity contribution in [3.63, 3.8) is 0 Å². The number of hydrogen-bond acceptors (Lipinski definition) is 1. The summed E-state index contributed by atoms with van der Waals surface area (Å²) < 4.78 is 0. The summed E-state index contributed by atoms with van der Waals surface area (Å²) in [6.45, 7) is 0. The quantitative estimate of drug-likeness (QED) is 0.569. The van der Waals surface area contributed by atoms with Crippen LogP contribution >= 0.6 is 43.6 Å². The molecule has 1 aliphatic rings. The number of rotatable bonds is 2. The third-order valence-electron chi connectivity index (χ3n) is 3.53. The van der Waals surface area contributed by atoms with Crippen LogP contribution in [-0.2, 0) is 22.2 Å². The maximum Gasteiger partial charge on any atom is 0.0289 e. The summed E-state index contributed by atoms with van der Waals surface area (Å²) in [6, 6.07) is 13.4. The third-order valence-corrected chi connectivity index (χ3v) is 5.77. The molecule has 0 spiro atoms. The number of alkyl halides is 2. The minimum absolute atomic E-state index is 0.914. The van der Waals surface area contributed by atoms with Crippen LogP contribution < -0.4 is 0 Å². The fraction of sp³-hybridized carbons (Fsp3) is 0.250. The Morgan fingerprint density at radius 2 is 1.26 bits per heavy atom. The van der Waals surface area contributed by atoms with Crippen molar-refractivity contribution in [3.05, 3.63) is 58.7 Å². The van der Waals surface area contributed by atoms with Crippen molar-refractivity contribution < 1.29 is 0 Å². The van der Waals surface area contributed by atoms with Gasteiger partial charge in [0.15, 0.2) is 0 Å². The van der Waals surface area contributed by atoms with Crippen LogP contribution in [0.15, 0.2) is 36.4 Å². The van der Waals surface area contributed by atoms with Gasteiger partial charge in [0.1, 0.15) is 0 Å². The van der Waals surface area contributed by atoms with Gasteiger partial charge in [-0.2, -0.15) is 11.8 Å². The van der Waals surface area contributed by atoms with E-state index in [1.54, 1.807) is 0 Å². The second kappa shape index (κ2) is 6.02. The summed E-state index contributed by atoms with van der Waals surface area (Å²) in [5.41, 5.74) is 8.64. The smallest absolute Gasteiger partial charge is 0.0289 e. The van der Waals surface area contributed by atoms with Crippen molar-refractivity contribution in [2.24, 2.45) is 0 Å². The second-order valence-corrected chi connectivity index (χ2v) is 6.77. The van der Waals surface area contributed by atoms with Gasteiger partial charge < -0.3 is 0 Å². The monoisotopic (exact) mass is 396 g/mol. The third kappa shape index (κ3) is 2.53. The predicted molar refractivity (Wildman–Crippen MR) is 92.1 cm³/mol. The largest absolute Gasteiger partial charge is 0.152 e. The van der Waals surface area contributed by atoms with Gasteiger partial charge in [-0.1, -0.05) is 68.3 Å². The van der Waals surface area contributed by atoms with Gasteiger partial charge in [-0.3, -0.25) is 0 Å². The molecule has 0 nitrogen and oxygen atoms in total. The highest BCUT2D eigenvalue weighted by Gasteiger charge is 2.19. The SMILES string of the molecule is BrCc1cccc2c1-c1c(CBr)cccc1CSC2. The molecule has 0 saturated heterocycles. The number of benzene rings is 2. The van der Waals surface area contributed by atoms with Gasteiger partial charge in [-0.15, -0.1) is 0 Å². The van der Waals surface area contributed by atoms with Crippen LogP contribution in [0.4, 0.5) is 0 Å². The molecule has 98 valence electrons. The summed E-state index contributed by atoms with van der Waals surface area (Å²) in [5.74, 6) is 2.21. The molecule has 0 amide bonds. The van der Waals surface area contributed by atoms with Crippen molar-refractivity contribution in [3.8, 4) is 11.1 Å². The molecule has 0 radical (unpaired) electrons. The van der Waals surface area contributed by atoms with E-state index in [9.17, 15) is 0 Å². The lowest BCUT2D eigenvalue weighted by Gasteiger charge is -2.16. The number of thioether (sulfide) groups is 1. The van der Waals surface area contributed by atoms with E-state index in [0.717, 1.165) is 22.2 Å². The first-order valence-electron chi connectivity index (χ1n) is 6.26. The van der Waals surface area contributed by atoms with Gasteiger partial charge in [0.05, 0.1) is 0 Å². The van der Waals surface area contributed by atoms with Gasteiger partial charge in [0.25, 0.3) is 0 Å². The molecule has 0 aliphatic carbocycles. The Hall–Kier alpha value is -0.250. The van der Waals surface area contributed by atoms with Crippen LogP contribution in [0.25, 0.3) is 11.1 Å². The van der Waals surface area contributed by atoms with Crippen molar-refractivity contribution in [2.75, 3.05) is 0 Å². The summed E-state index contributed by atoms with van der Waals surface area (Å²) in [7, 11) is 0. The molecule has 2 aromatic rings. The van der Waals surface area contributed by atoms with E-state index < -0.39 is 0 Å². The zero-order valence-electron chi connectivity index (χ0n) is 10.5. The van der Waals surface area contributed by atoms with E-state index in [1.807, 2.05) is 11.8 Å². The number of fused-ring (bicyclic) bond motifs is 3. The highest BCUT2D eigenvalue weighted by atomic mass is 79.9. The van der Waals surface area contributed by atoms with Crippen molar-refractivity contribution in [1.82, 2.24) is 0 Å². The minimum Gasteiger partial charge on any atom is -0.152 e. The van der Waals surface area contributed by atoms with Gasteiger partial charge in [0.2, 0.25) is 0 Å². The highest BCUT2D eigenvalue weighted by molar-refractivity contribution is 9.08. The summed E-state index contributed by atoms with van der Waals surface area (Å²) in [6.07, 6.45) is 0. The molecule has 19 heavy (non-hydrogen) atoms. The summed E-state index contributed by atoms with van der Waals surface area (Å²) in [5, 5.41) is 1.83. The van der Waals surface area contributed by atoms with Crippen LogP contribution in [0.2, 0.25) is 0 Å². The van der Waals surface area contributed by atoms with E-state index in [0.29, 0.717) is 0 Å². The highest BCUT2D eigenvalue weighted by Crippen LogP contribution is 2.41. The van der Waals surface area contributed by atoms with Gasteiger partial charge in [0, 0.05) is 22.2 Å². The lowest BCUT2D eigenvalue weighted by molar-refractivity contribution is 1.30. The first kappa shape index (κ1) is 13.7. The zero-order chi connectivity index (χ0) is 13.2. The molecule has 0 N–H and O–H groups in total. The lowest BCUT2D eigenvalue weighted by atomic mass is 9.90. The molecule has 3 heteroatoms. The van der Waals surface area contributed by atoms with E-state index in [1.165, 1.54) is 33.4 Å². The van der Waals surface area contributed by atoms with Crippen LogP contribution in [-0.4, -0.2) is 0 Å². The standard InChI is InChI=1S/C16H14Br2S/c17-7-11-3-1-5-13-9-19-10-14-6-2-4-12(8-18)16(14)15(11)13/h1-6H,7-10H2. The molecule has 0 fully saturated rings. The van der Waals surface area contributed by atoms with Crippen molar-refractivity contribution in [1.29, 1.82) is 0 Å². The van der Waals surface area contributed by atoms with Crippen LogP contribution in [0.1, 0.15) is 22.3 Å². The Morgan fingerprint density at radius 1 is 0.789 bits per heavy atom. The second-order valence-electron chi connectivity index (χ2n) is 4.66. The van der Waals surface area contributed by atoms with E-state index in [4.69, 9.17) is 0 Å². The molecule has 0 saturated carbocycles. The van der Waals surface area contributed by atoms with E-state index >= 15 is 0 Å². The summed E-state index contributed by atoms with van der Waals surface area (Å²) in [4.78, 5) is 0. The first-order chi connectivity index (χ1) is 9.35.